The number of ether oxygens (including phenoxy) is 1. The number of aliphatic hydroxyl groups excluding tert-OH is 2. The molecule has 1 rings (SSSR count). The van der Waals surface area contributed by atoms with Crippen LogP contribution in [0.1, 0.15) is 37.6 Å². The van der Waals surface area contributed by atoms with Crippen molar-refractivity contribution in [3.63, 3.8) is 0 Å². The van der Waals surface area contributed by atoms with Gasteiger partial charge >= 0.3 is 0 Å². The van der Waals surface area contributed by atoms with Gasteiger partial charge in [0.1, 0.15) is 5.69 Å². The Labute approximate surface area is 82.9 Å². The van der Waals surface area contributed by atoms with E-state index in [1.54, 1.807) is 10.7 Å². The number of methoxy groups -OCH3 is 1. The number of hydrogen-bond acceptors (Lipinski definition) is 4. The second-order valence-electron chi connectivity index (χ2n) is 3.35. The van der Waals surface area contributed by atoms with E-state index >= 15 is 0 Å². The Bertz CT molecular complexity index is 296. The highest BCUT2D eigenvalue weighted by atomic mass is 16.6. The van der Waals surface area contributed by atoms with Crippen molar-refractivity contribution >= 4 is 0 Å². The van der Waals surface area contributed by atoms with Crippen molar-refractivity contribution in [3.8, 4) is 0 Å². The quantitative estimate of drug-likeness (QED) is 0.698. The maximum Gasteiger partial charge on any atom is 0.200 e. The molecular formula is C9H16N2O3. The third kappa shape index (κ3) is 2.12. The first-order chi connectivity index (χ1) is 6.60. The van der Waals surface area contributed by atoms with Gasteiger partial charge in [0.15, 0.2) is 6.29 Å². The van der Waals surface area contributed by atoms with Crippen molar-refractivity contribution in [1.29, 1.82) is 0 Å². The molecule has 0 radical (unpaired) electrons. The third-order valence-corrected chi connectivity index (χ3v) is 1.96. The fraction of sp³-hybridized carbons (Fsp3) is 0.667. The molecule has 0 aliphatic rings. The molecule has 0 amide bonds. The van der Waals surface area contributed by atoms with Crippen LogP contribution in [0.2, 0.25) is 0 Å². The Morgan fingerprint density at radius 3 is 2.57 bits per heavy atom. The fourth-order valence-electron chi connectivity index (χ4n) is 1.26. The topological polar surface area (TPSA) is 67.5 Å². The maximum absolute atomic E-state index is 9.36. The minimum Gasteiger partial charge on any atom is -0.390 e. The van der Waals surface area contributed by atoms with Gasteiger partial charge in [-0.15, -0.1) is 0 Å². The lowest BCUT2D eigenvalue weighted by Gasteiger charge is -2.08. The molecule has 14 heavy (non-hydrogen) atoms. The van der Waals surface area contributed by atoms with Crippen molar-refractivity contribution < 1.29 is 14.9 Å². The van der Waals surface area contributed by atoms with E-state index in [9.17, 15) is 5.11 Å². The van der Waals surface area contributed by atoms with E-state index in [0.717, 1.165) is 0 Å². The van der Waals surface area contributed by atoms with E-state index in [1.807, 2.05) is 13.8 Å². The molecule has 80 valence electrons. The van der Waals surface area contributed by atoms with Gasteiger partial charge in [0.25, 0.3) is 0 Å². The van der Waals surface area contributed by atoms with Gasteiger partial charge in [-0.1, -0.05) is 0 Å². The summed E-state index contributed by atoms with van der Waals surface area (Å²) in [6, 6.07) is 1.78. The molecule has 1 unspecified atom stereocenters. The summed E-state index contributed by atoms with van der Waals surface area (Å²) >= 11 is 0. The molecule has 1 aromatic rings. The maximum atomic E-state index is 9.36. The molecule has 1 atom stereocenters. The van der Waals surface area contributed by atoms with Crippen molar-refractivity contribution in [2.45, 2.75) is 32.8 Å². The van der Waals surface area contributed by atoms with Crippen LogP contribution in [0.4, 0.5) is 0 Å². The van der Waals surface area contributed by atoms with Crippen LogP contribution < -0.4 is 0 Å². The minimum absolute atomic E-state index is 0.0956. The molecule has 0 saturated heterocycles. The average Bonchev–Trinajstić information content (AvgIpc) is 2.60. The summed E-state index contributed by atoms with van der Waals surface area (Å²) < 4.78 is 6.39. The number of rotatable bonds is 4. The smallest absolute Gasteiger partial charge is 0.200 e. The van der Waals surface area contributed by atoms with Gasteiger partial charge in [0.05, 0.1) is 12.3 Å². The molecule has 2 N–H and O–H groups in total. The minimum atomic E-state index is -1.03. The molecule has 0 fully saturated rings. The van der Waals surface area contributed by atoms with E-state index in [0.29, 0.717) is 11.4 Å². The summed E-state index contributed by atoms with van der Waals surface area (Å²) in [6.45, 7) is 3.81. The summed E-state index contributed by atoms with van der Waals surface area (Å²) in [5, 5.41) is 22.5. The molecule has 1 aromatic heterocycles. The summed E-state index contributed by atoms with van der Waals surface area (Å²) in [5.41, 5.74) is 1.09. The lowest BCUT2D eigenvalue weighted by molar-refractivity contribution is -0.0802. The predicted octanol–water partition coefficient (Wildman–Crippen LogP) is 0.594. The third-order valence-electron chi connectivity index (χ3n) is 1.96. The van der Waals surface area contributed by atoms with Gasteiger partial charge in [-0.25, -0.2) is 0 Å². The Morgan fingerprint density at radius 1 is 1.57 bits per heavy atom. The van der Waals surface area contributed by atoms with Crippen LogP contribution in [0, 0.1) is 0 Å². The largest absolute Gasteiger partial charge is 0.390 e. The Hall–Kier alpha value is -0.910. The van der Waals surface area contributed by atoms with Gasteiger partial charge in [-0.05, 0) is 19.9 Å². The van der Waals surface area contributed by atoms with Crippen LogP contribution in [0.3, 0.4) is 0 Å². The molecule has 0 saturated carbocycles. The van der Waals surface area contributed by atoms with Crippen LogP contribution in [0.5, 0.6) is 0 Å². The summed E-state index contributed by atoms with van der Waals surface area (Å²) in [6.07, 6.45) is -1.03. The van der Waals surface area contributed by atoms with Crippen molar-refractivity contribution in [3.05, 3.63) is 17.5 Å². The van der Waals surface area contributed by atoms with E-state index in [4.69, 9.17) is 9.84 Å². The zero-order chi connectivity index (χ0) is 10.7. The van der Waals surface area contributed by atoms with Crippen LogP contribution in [-0.2, 0) is 11.3 Å². The molecule has 0 aliphatic heterocycles. The first kappa shape index (κ1) is 11.2. The lowest BCUT2D eigenvalue weighted by Crippen LogP contribution is -2.08. The van der Waals surface area contributed by atoms with Gasteiger partial charge in [0.2, 0.25) is 0 Å². The monoisotopic (exact) mass is 200 g/mol. The van der Waals surface area contributed by atoms with Crippen LogP contribution >= 0.6 is 0 Å². The van der Waals surface area contributed by atoms with Crippen molar-refractivity contribution in [2.24, 2.45) is 0 Å². The van der Waals surface area contributed by atoms with E-state index in [1.165, 1.54) is 7.11 Å². The molecule has 1 heterocycles. The zero-order valence-corrected chi connectivity index (χ0v) is 8.64. The zero-order valence-electron chi connectivity index (χ0n) is 8.64. The van der Waals surface area contributed by atoms with Gasteiger partial charge in [0, 0.05) is 13.2 Å². The highest BCUT2D eigenvalue weighted by molar-refractivity contribution is 5.11. The molecule has 5 nitrogen and oxygen atoms in total. The molecule has 0 bridgehead atoms. The second-order valence-corrected chi connectivity index (χ2v) is 3.35. The fourth-order valence-corrected chi connectivity index (χ4v) is 1.26. The van der Waals surface area contributed by atoms with Crippen molar-refractivity contribution in [2.75, 3.05) is 7.11 Å². The molecule has 0 spiro atoms. The first-order valence-electron chi connectivity index (χ1n) is 4.50. The molecule has 5 heteroatoms. The van der Waals surface area contributed by atoms with Crippen LogP contribution in [0.15, 0.2) is 6.07 Å². The number of nitrogens with zero attached hydrogens (tertiary/aromatic N) is 2. The number of hydrogen-bond donors (Lipinski definition) is 2. The second kappa shape index (κ2) is 4.54. The summed E-state index contributed by atoms with van der Waals surface area (Å²) in [7, 11) is 1.40. The van der Waals surface area contributed by atoms with E-state index in [2.05, 4.69) is 5.10 Å². The predicted molar refractivity (Wildman–Crippen MR) is 50.5 cm³/mol. The Morgan fingerprint density at radius 2 is 2.21 bits per heavy atom. The first-order valence-corrected chi connectivity index (χ1v) is 4.50. The number of aliphatic hydroxyl groups is 2. The standard InChI is InChI=1S/C9H16N2O3/c1-6(2)11-7(5-12)4-8(10-11)9(13)14-3/h4,6,9,12-13H,5H2,1-3H3. The normalized spacial score (nSPS) is 13.6. The van der Waals surface area contributed by atoms with Gasteiger partial charge in [-0.2, -0.15) is 5.10 Å². The lowest BCUT2D eigenvalue weighted by atomic mass is 10.3. The highest BCUT2D eigenvalue weighted by Crippen LogP contribution is 2.17. The van der Waals surface area contributed by atoms with E-state index < -0.39 is 6.29 Å². The Kier molecular flexibility index (Phi) is 3.62. The van der Waals surface area contributed by atoms with Crippen LogP contribution in [-0.4, -0.2) is 27.1 Å². The molecule has 0 aromatic carbocycles. The Balaban J connectivity index is 3.00. The van der Waals surface area contributed by atoms with Gasteiger partial charge < -0.3 is 14.9 Å². The highest BCUT2D eigenvalue weighted by Gasteiger charge is 2.15. The number of aromatic nitrogens is 2. The van der Waals surface area contributed by atoms with Crippen molar-refractivity contribution in [1.82, 2.24) is 9.78 Å². The average molecular weight is 200 g/mol. The SMILES string of the molecule is COC(O)c1cc(CO)n(C(C)C)n1. The summed E-state index contributed by atoms with van der Waals surface area (Å²) in [5.74, 6) is 0. The molecular weight excluding hydrogens is 184 g/mol. The molecule has 0 aliphatic carbocycles. The van der Waals surface area contributed by atoms with Crippen LogP contribution in [0.25, 0.3) is 0 Å². The van der Waals surface area contributed by atoms with E-state index in [-0.39, 0.29) is 12.6 Å². The van der Waals surface area contributed by atoms with Gasteiger partial charge in [-0.3, -0.25) is 4.68 Å². The summed E-state index contributed by atoms with van der Waals surface area (Å²) in [4.78, 5) is 0.